The second-order valence-corrected chi connectivity index (χ2v) is 7.00. The molecule has 1 aliphatic heterocycles. The third-order valence-electron chi connectivity index (χ3n) is 5.17. The molecule has 0 amide bonds. The van der Waals surface area contributed by atoms with E-state index >= 15 is 0 Å². The Labute approximate surface area is 158 Å². The molecule has 0 bridgehead atoms. The Kier molecular flexibility index (Phi) is 4.02. The Morgan fingerprint density at radius 3 is 3.00 bits per heavy atom. The minimum atomic E-state index is 0.748. The summed E-state index contributed by atoms with van der Waals surface area (Å²) in [6.45, 7) is 0.818. The minimum Gasteiger partial charge on any atom is -0.361 e. The molecule has 0 atom stereocenters. The highest BCUT2D eigenvalue weighted by molar-refractivity contribution is 5.84. The fourth-order valence-electron chi connectivity index (χ4n) is 3.72. The Morgan fingerprint density at radius 1 is 1.00 bits per heavy atom. The van der Waals surface area contributed by atoms with Crippen molar-refractivity contribution >= 4 is 17.1 Å². The van der Waals surface area contributed by atoms with Gasteiger partial charge in [-0.05, 0) is 59.4 Å². The summed E-state index contributed by atoms with van der Waals surface area (Å²) in [4.78, 5) is 16.9. The molecule has 0 aliphatic carbocycles. The first kappa shape index (κ1) is 15.9. The van der Waals surface area contributed by atoms with E-state index in [0.29, 0.717) is 0 Å². The van der Waals surface area contributed by atoms with Crippen LogP contribution in [-0.4, -0.2) is 21.2 Å². The molecule has 4 aromatic rings. The van der Waals surface area contributed by atoms with Crippen molar-refractivity contribution in [2.45, 2.75) is 25.8 Å². The van der Waals surface area contributed by atoms with Crippen LogP contribution in [0.2, 0.25) is 0 Å². The van der Waals surface area contributed by atoms with Crippen LogP contribution in [0.1, 0.15) is 33.8 Å². The number of fused-ring (bicyclic) bond motifs is 2. The van der Waals surface area contributed by atoms with Crippen molar-refractivity contribution in [1.82, 2.24) is 15.0 Å². The molecular weight excluding hydrogens is 332 g/mol. The van der Waals surface area contributed by atoms with Crippen LogP contribution in [0.3, 0.4) is 0 Å². The summed E-state index contributed by atoms with van der Waals surface area (Å²) >= 11 is 0. The van der Waals surface area contributed by atoms with E-state index in [1.807, 2.05) is 24.7 Å². The van der Waals surface area contributed by atoms with Crippen LogP contribution in [0.5, 0.6) is 0 Å². The van der Waals surface area contributed by atoms with Gasteiger partial charge in [-0.2, -0.15) is 0 Å². The molecule has 2 aromatic heterocycles. The smallest absolute Gasteiger partial charge is 0.132 e. The lowest BCUT2D eigenvalue weighted by Crippen LogP contribution is -2.02. The van der Waals surface area contributed by atoms with Crippen LogP contribution in [0.4, 0.5) is 0 Å². The SMILES string of the molecule is C1=NCc2ccc(CCc3ccnc(Cc4cccc5[nH]ccc45)n3)cc21. The van der Waals surface area contributed by atoms with E-state index in [2.05, 4.69) is 57.4 Å². The summed E-state index contributed by atoms with van der Waals surface area (Å²) in [6.07, 6.45) is 8.48. The number of H-pyrrole nitrogens is 1. The van der Waals surface area contributed by atoms with Gasteiger partial charge in [0.2, 0.25) is 0 Å². The zero-order chi connectivity index (χ0) is 18.1. The molecule has 132 valence electrons. The third kappa shape index (κ3) is 3.26. The van der Waals surface area contributed by atoms with Gasteiger partial charge in [0.15, 0.2) is 0 Å². The molecule has 0 unspecified atom stereocenters. The standard InChI is InChI=1S/C23H20N4/c1-2-17(21-9-11-25-22(21)3-1)13-23-26-10-8-20(27-23)7-5-16-4-6-18-14-24-15-19(18)12-16/h1-4,6,8-12,15,25H,5,7,13-14H2. The Hall–Kier alpha value is -3.27. The number of benzene rings is 2. The molecule has 0 saturated carbocycles. The van der Waals surface area contributed by atoms with Crippen molar-refractivity contribution in [2.24, 2.45) is 4.99 Å². The molecule has 5 rings (SSSR count). The van der Waals surface area contributed by atoms with Crippen molar-refractivity contribution in [3.05, 3.63) is 94.7 Å². The van der Waals surface area contributed by atoms with Gasteiger partial charge >= 0.3 is 0 Å². The number of aromatic nitrogens is 3. The summed E-state index contributed by atoms with van der Waals surface area (Å²) in [5.41, 5.74) is 7.42. The van der Waals surface area contributed by atoms with Gasteiger partial charge in [0.25, 0.3) is 0 Å². The molecule has 0 saturated heterocycles. The number of aromatic amines is 1. The Bertz CT molecular complexity index is 1140. The summed E-state index contributed by atoms with van der Waals surface area (Å²) in [7, 11) is 0. The molecule has 27 heavy (non-hydrogen) atoms. The van der Waals surface area contributed by atoms with Crippen LogP contribution < -0.4 is 0 Å². The lowest BCUT2D eigenvalue weighted by molar-refractivity contribution is 0.860. The van der Waals surface area contributed by atoms with Gasteiger partial charge in [0.05, 0.1) is 6.54 Å². The molecule has 0 fully saturated rings. The zero-order valence-corrected chi connectivity index (χ0v) is 15.0. The van der Waals surface area contributed by atoms with Crippen LogP contribution in [-0.2, 0) is 25.8 Å². The van der Waals surface area contributed by atoms with E-state index in [9.17, 15) is 0 Å². The number of aryl methyl sites for hydroxylation is 2. The molecular formula is C23H20N4. The number of nitrogens with one attached hydrogen (secondary N) is 1. The van der Waals surface area contributed by atoms with E-state index in [1.165, 1.54) is 27.6 Å². The van der Waals surface area contributed by atoms with Crippen LogP contribution in [0, 0.1) is 0 Å². The highest BCUT2D eigenvalue weighted by Gasteiger charge is 2.08. The molecule has 1 aliphatic rings. The third-order valence-corrected chi connectivity index (χ3v) is 5.17. The van der Waals surface area contributed by atoms with E-state index in [-0.39, 0.29) is 0 Å². The quantitative estimate of drug-likeness (QED) is 0.583. The fraction of sp³-hybridized carbons (Fsp3) is 0.174. The monoisotopic (exact) mass is 352 g/mol. The summed E-state index contributed by atoms with van der Waals surface area (Å²) in [5.74, 6) is 0.877. The van der Waals surface area contributed by atoms with E-state index < -0.39 is 0 Å². The number of hydrogen-bond acceptors (Lipinski definition) is 3. The second kappa shape index (κ2) is 6.80. The maximum absolute atomic E-state index is 4.80. The average Bonchev–Trinajstić information content (AvgIpc) is 3.36. The van der Waals surface area contributed by atoms with Gasteiger partial charge < -0.3 is 4.98 Å². The number of rotatable bonds is 5. The first-order valence-corrected chi connectivity index (χ1v) is 9.32. The summed E-state index contributed by atoms with van der Waals surface area (Å²) in [5, 5.41) is 1.24. The second-order valence-electron chi connectivity index (χ2n) is 7.00. The molecule has 0 spiro atoms. The Balaban J connectivity index is 1.32. The van der Waals surface area contributed by atoms with Crippen molar-refractivity contribution in [3.63, 3.8) is 0 Å². The first-order valence-electron chi connectivity index (χ1n) is 9.32. The molecule has 4 heteroatoms. The van der Waals surface area contributed by atoms with Gasteiger partial charge in [-0.15, -0.1) is 0 Å². The zero-order valence-electron chi connectivity index (χ0n) is 15.0. The van der Waals surface area contributed by atoms with Gasteiger partial charge in [-0.1, -0.05) is 24.3 Å². The van der Waals surface area contributed by atoms with Crippen molar-refractivity contribution in [3.8, 4) is 0 Å². The van der Waals surface area contributed by atoms with E-state index in [1.54, 1.807) is 0 Å². The largest absolute Gasteiger partial charge is 0.361 e. The highest BCUT2D eigenvalue weighted by atomic mass is 14.9. The predicted octanol–water partition coefficient (Wildman–Crippen LogP) is 4.27. The first-order chi connectivity index (χ1) is 13.3. The molecule has 3 heterocycles. The average molecular weight is 352 g/mol. The lowest BCUT2D eigenvalue weighted by Gasteiger charge is -2.07. The molecule has 1 N–H and O–H groups in total. The predicted molar refractivity (Wildman–Crippen MR) is 108 cm³/mol. The summed E-state index contributed by atoms with van der Waals surface area (Å²) < 4.78 is 0. The normalized spacial score (nSPS) is 12.6. The topological polar surface area (TPSA) is 53.9 Å². The maximum atomic E-state index is 4.80. The minimum absolute atomic E-state index is 0.748. The fourth-order valence-corrected chi connectivity index (χ4v) is 3.72. The molecule has 0 radical (unpaired) electrons. The van der Waals surface area contributed by atoms with Gasteiger partial charge in [-0.3, -0.25) is 4.99 Å². The maximum Gasteiger partial charge on any atom is 0.132 e. The molecule has 2 aromatic carbocycles. The molecule has 4 nitrogen and oxygen atoms in total. The lowest BCUT2D eigenvalue weighted by atomic mass is 10.0. The van der Waals surface area contributed by atoms with Crippen LogP contribution in [0.25, 0.3) is 10.9 Å². The number of hydrogen-bond donors (Lipinski definition) is 1. The van der Waals surface area contributed by atoms with Crippen LogP contribution in [0.15, 0.2) is 65.9 Å². The van der Waals surface area contributed by atoms with E-state index in [4.69, 9.17) is 4.98 Å². The van der Waals surface area contributed by atoms with Crippen molar-refractivity contribution in [2.75, 3.05) is 0 Å². The number of aliphatic imine (C=N–C) groups is 1. The van der Waals surface area contributed by atoms with Gasteiger partial charge in [-0.25, -0.2) is 9.97 Å². The van der Waals surface area contributed by atoms with Crippen molar-refractivity contribution < 1.29 is 0 Å². The van der Waals surface area contributed by atoms with Crippen molar-refractivity contribution in [1.29, 1.82) is 0 Å². The van der Waals surface area contributed by atoms with Crippen LogP contribution >= 0.6 is 0 Å². The van der Waals surface area contributed by atoms with E-state index in [0.717, 1.165) is 42.8 Å². The summed E-state index contributed by atoms with van der Waals surface area (Å²) in [6, 6.07) is 17.1. The Morgan fingerprint density at radius 2 is 2.00 bits per heavy atom. The van der Waals surface area contributed by atoms with Gasteiger partial charge in [0.1, 0.15) is 5.82 Å². The van der Waals surface area contributed by atoms with Gasteiger partial charge in [0, 0.05) is 41.6 Å². The highest BCUT2D eigenvalue weighted by Crippen LogP contribution is 2.20. The number of nitrogens with zero attached hydrogens (tertiary/aromatic N) is 3.